The van der Waals surface area contributed by atoms with Crippen LogP contribution in [0.25, 0.3) is 10.9 Å². The molecule has 8 heteroatoms. The van der Waals surface area contributed by atoms with Gasteiger partial charge in [-0.3, -0.25) is 5.10 Å². The fourth-order valence-electron chi connectivity index (χ4n) is 3.13. The third-order valence-corrected chi connectivity index (χ3v) is 5.81. The molecule has 0 atom stereocenters. The number of rotatable bonds is 4. The highest BCUT2D eigenvalue weighted by Gasteiger charge is 2.51. The first kappa shape index (κ1) is 22.6. The summed E-state index contributed by atoms with van der Waals surface area (Å²) < 4.78 is 26.7. The first-order valence-corrected chi connectivity index (χ1v) is 10.6. The van der Waals surface area contributed by atoms with Crippen LogP contribution in [0.5, 0.6) is 0 Å². The fourth-order valence-corrected chi connectivity index (χ4v) is 3.30. The minimum absolute atomic E-state index is 0.294. The molecule has 2 N–H and O–H groups in total. The lowest BCUT2D eigenvalue weighted by atomic mass is 9.78. The van der Waals surface area contributed by atoms with Crippen molar-refractivity contribution in [1.29, 1.82) is 0 Å². The van der Waals surface area contributed by atoms with Gasteiger partial charge >= 0.3 is 7.12 Å². The van der Waals surface area contributed by atoms with Crippen molar-refractivity contribution in [3.8, 4) is 0 Å². The van der Waals surface area contributed by atoms with Crippen molar-refractivity contribution in [2.45, 2.75) is 59.3 Å². The van der Waals surface area contributed by atoms with Crippen molar-refractivity contribution in [3.05, 3.63) is 52.8 Å². The molecular formula is C22H28BClFN3O2. The first-order chi connectivity index (χ1) is 14.2. The fraction of sp³-hybridized carbons (Fsp3) is 0.409. The number of fused-ring (bicyclic) bond motifs is 1. The van der Waals surface area contributed by atoms with Gasteiger partial charge in [0.1, 0.15) is 5.82 Å². The Morgan fingerprint density at radius 2 is 1.73 bits per heavy atom. The normalized spacial score (nSPS) is 17.0. The Labute approximate surface area is 182 Å². The third-order valence-electron chi connectivity index (χ3n) is 5.57. The Hall–Kier alpha value is -2.09. The van der Waals surface area contributed by atoms with Crippen molar-refractivity contribution < 1.29 is 13.7 Å². The summed E-state index contributed by atoms with van der Waals surface area (Å²) in [5.41, 5.74) is 1.13. The number of nitrogens with one attached hydrogen (secondary N) is 2. The van der Waals surface area contributed by atoms with Crippen LogP contribution in [-0.2, 0) is 15.9 Å². The Balaban J connectivity index is 0.00000124. The average Bonchev–Trinajstić information content (AvgIpc) is 3.19. The zero-order valence-corrected chi connectivity index (χ0v) is 19.0. The van der Waals surface area contributed by atoms with Crippen LogP contribution in [0.1, 0.15) is 47.1 Å². The van der Waals surface area contributed by atoms with E-state index < -0.39 is 18.3 Å². The van der Waals surface area contributed by atoms with Crippen LogP contribution in [0.4, 0.5) is 10.2 Å². The van der Waals surface area contributed by atoms with E-state index in [1.54, 1.807) is 12.1 Å². The van der Waals surface area contributed by atoms with Gasteiger partial charge in [-0.1, -0.05) is 37.6 Å². The number of nitrogens with zero attached hydrogens (tertiary/aromatic N) is 1. The minimum Gasteiger partial charge on any atom is -0.399 e. The van der Waals surface area contributed by atoms with Crippen LogP contribution >= 0.6 is 11.6 Å². The lowest BCUT2D eigenvalue weighted by Crippen LogP contribution is -2.41. The van der Waals surface area contributed by atoms with Crippen LogP contribution in [0.2, 0.25) is 5.02 Å². The zero-order valence-electron chi connectivity index (χ0n) is 18.3. The van der Waals surface area contributed by atoms with Crippen LogP contribution in [0.3, 0.4) is 0 Å². The minimum atomic E-state index is -0.584. The van der Waals surface area contributed by atoms with Crippen molar-refractivity contribution in [2.75, 3.05) is 5.32 Å². The summed E-state index contributed by atoms with van der Waals surface area (Å²) in [5.74, 6) is 0.310. The van der Waals surface area contributed by atoms with Crippen molar-refractivity contribution in [3.63, 3.8) is 0 Å². The molecule has 0 bridgehead atoms. The van der Waals surface area contributed by atoms with Crippen molar-refractivity contribution in [1.82, 2.24) is 10.2 Å². The van der Waals surface area contributed by atoms with E-state index >= 15 is 0 Å². The average molecular weight is 432 g/mol. The number of benzene rings is 2. The van der Waals surface area contributed by atoms with Gasteiger partial charge < -0.3 is 14.6 Å². The standard InChI is InChI=1S/C20H22BClFN3O2.C2H6/c1-19(2)20(3,4)28-21(27-19)13-6-5-12(16(23)9-13)11-24-18-15-10-14(22)7-8-17(15)25-26-18;1-2/h5-10H,11H2,1-4H3,(H2,24,25,26);1-2H3. The maximum absolute atomic E-state index is 14.7. The summed E-state index contributed by atoms with van der Waals surface area (Å²) in [5, 5.41) is 11.8. The Bertz CT molecular complexity index is 1020. The maximum atomic E-state index is 14.7. The second kappa shape index (κ2) is 8.57. The molecule has 5 nitrogen and oxygen atoms in total. The summed E-state index contributed by atoms with van der Waals surface area (Å²) in [6.45, 7) is 12.2. The molecule has 1 aromatic heterocycles. The summed E-state index contributed by atoms with van der Waals surface area (Å²) in [6.07, 6.45) is 0. The number of anilines is 1. The third kappa shape index (κ3) is 4.34. The quantitative estimate of drug-likeness (QED) is 0.551. The monoisotopic (exact) mass is 431 g/mol. The van der Waals surface area contributed by atoms with Crippen LogP contribution < -0.4 is 10.8 Å². The predicted octanol–water partition coefficient (Wildman–Crippen LogP) is 5.29. The van der Waals surface area contributed by atoms with E-state index in [1.165, 1.54) is 6.07 Å². The molecule has 1 fully saturated rings. The Morgan fingerprint density at radius 1 is 1.07 bits per heavy atom. The van der Waals surface area contributed by atoms with Gasteiger partial charge in [-0.05, 0) is 57.4 Å². The smallest absolute Gasteiger partial charge is 0.399 e. The van der Waals surface area contributed by atoms with Gasteiger partial charge in [0.2, 0.25) is 0 Å². The molecule has 1 aliphatic heterocycles. The van der Waals surface area contributed by atoms with Crippen LogP contribution in [0.15, 0.2) is 36.4 Å². The van der Waals surface area contributed by atoms with E-state index in [2.05, 4.69) is 15.5 Å². The molecule has 0 unspecified atom stereocenters. The molecule has 4 rings (SSSR count). The van der Waals surface area contributed by atoms with E-state index in [9.17, 15) is 4.39 Å². The highest BCUT2D eigenvalue weighted by atomic mass is 35.5. The molecule has 0 amide bonds. The lowest BCUT2D eigenvalue weighted by molar-refractivity contribution is 0.00578. The molecule has 160 valence electrons. The summed E-state index contributed by atoms with van der Waals surface area (Å²) >= 11 is 6.06. The number of hydrogen-bond donors (Lipinski definition) is 2. The SMILES string of the molecule is CC.CC1(C)OB(c2ccc(CNc3n[nH]c4ccc(Cl)cc34)c(F)c2)OC1(C)C. The number of halogens is 2. The molecule has 2 heterocycles. The number of H-pyrrole nitrogens is 1. The molecule has 0 spiro atoms. The Kier molecular flexibility index (Phi) is 6.46. The second-order valence-corrected chi connectivity index (χ2v) is 8.49. The molecule has 1 aliphatic rings. The van der Waals surface area contributed by atoms with E-state index in [0.29, 0.717) is 28.4 Å². The topological polar surface area (TPSA) is 59.2 Å². The Morgan fingerprint density at radius 3 is 2.37 bits per heavy atom. The summed E-state index contributed by atoms with van der Waals surface area (Å²) in [6, 6.07) is 10.5. The van der Waals surface area contributed by atoms with Crippen LogP contribution in [0, 0.1) is 5.82 Å². The lowest BCUT2D eigenvalue weighted by Gasteiger charge is -2.32. The molecule has 0 radical (unpaired) electrons. The van der Waals surface area contributed by atoms with Gasteiger partial charge in [-0.2, -0.15) is 5.10 Å². The summed E-state index contributed by atoms with van der Waals surface area (Å²) in [7, 11) is -0.584. The molecule has 0 saturated carbocycles. The van der Waals surface area contributed by atoms with E-state index in [4.69, 9.17) is 20.9 Å². The van der Waals surface area contributed by atoms with Gasteiger partial charge in [-0.15, -0.1) is 0 Å². The first-order valence-electron chi connectivity index (χ1n) is 10.2. The zero-order chi connectivity index (χ0) is 22.1. The van der Waals surface area contributed by atoms with Crippen molar-refractivity contribution >= 4 is 40.9 Å². The highest BCUT2D eigenvalue weighted by Crippen LogP contribution is 2.36. The number of hydrogen-bond acceptors (Lipinski definition) is 4. The maximum Gasteiger partial charge on any atom is 0.494 e. The second-order valence-electron chi connectivity index (χ2n) is 8.05. The van der Waals surface area contributed by atoms with Gasteiger partial charge in [0.05, 0.1) is 16.7 Å². The van der Waals surface area contributed by atoms with Gasteiger partial charge in [-0.25, -0.2) is 4.39 Å². The number of aromatic amines is 1. The number of aromatic nitrogens is 2. The van der Waals surface area contributed by atoms with E-state index in [1.807, 2.05) is 59.7 Å². The molecular weight excluding hydrogens is 404 g/mol. The van der Waals surface area contributed by atoms with Gasteiger partial charge in [0.25, 0.3) is 0 Å². The summed E-state index contributed by atoms with van der Waals surface area (Å²) in [4.78, 5) is 0. The predicted molar refractivity (Wildman–Crippen MR) is 122 cm³/mol. The highest BCUT2D eigenvalue weighted by molar-refractivity contribution is 6.62. The largest absolute Gasteiger partial charge is 0.494 e. The van der Waals surface area contributed by atoms with E-state index in [0.717, 1.165) is 10.9 Å². The molecule has 0 aliphatic carbocycles. The molecule has 30 heavy (non-hydrogen) atoms. The molecule has 3 aromatic rings. The molecule has 2 aromatic carbocycles. The van der Waals surface area contributed by atoms with Gasteiger partial charge in [0, 0.05) is 22.5 Å². The van der Waals surface area contributed by atoms with E-state index in [-0.39, 0.29) is 5.82 Å². The van der Waals surface area contributed by atoms with Crippen molar-refractivity contribution in [2.24, 2.45) is 0 Å². The van der Waals surface area contributed by atoms with Gasteiger partial charge in [0.15, 0.2) is 5.82 Å². The molecule has 1 saturated heterocycles. The van der Waals surface area contributed by atoms with Crippen LogP contribution in [-0.4, -0.2) is 28.5 Å².